The van der Waals surface area contributed by atoms with E-state index < -0.39 is 5.25 Å². The molecule has 1 heterocycles. The van der Waals surface area contributed by atoms with Crippen molar-refractivity contribution in [3.8, 4) is 17.1 Å². The number of hydrogen-bond acceptors (Lipinski definition) is 5. The molecule has 0 spiro atoms. The fourth-order valence-corrected chi connectivity index (χ4v) is 4.23. The highest BCUT2D eigenvalue weighted by molar-refractivity contribution is 8.00. The number of methoxy groups -OCH3 is 1. The topological polar surface area (TPSA) is 69.0 Å². The Hall–Kier alpha value is -1.93. The summed E-state index contributed by atoms with van der Waals surface area (Å²) in [6, 6.07) is 10.5. The van der Waals surface area contributed by atoms with E-state index in [0.29, 0.717) is 21.7 Å². The first kappa shape index (κ1) is 21.8. The fourth-order valence-electron chi connectivity index (χ4n) is 2.51. The van der Waals surface area contributed by atoms with Crippen LogP contribution >= 0.6 is 46.6 Å². The largest absolute Gasteiger partial charge is 0.497 e. The first-order chi connectivity index (χ1) is 13.8. The van der Waals surface area contributed by atoms with E-state index in [0.717, 1.165) is 11.3 Å². The van der Waals surface area contributed by atoms with Gasteiger partial charge in [0.1, 0.15) is 5.75 Å². The van der Waals surface area contributed by atoms with Crippen LogP contribution in [-0.2, 0) is 11.8 Å². The molecule has 0 aliphatic heterocycles. The molecule has 0 radical (unpaired) electrons. The van der Waals surface area contributed by atoms with Crippen LogP contribution in [0.25, 0.3) is 11.4 Å². The summed E-state index contributed by atoms with van der Waals surface area (Å²) in [5.41, 5.74) is 1.22. The molecule has 1 atom stereocenters. The van der Waals surface area contributed by atoms with Crippen LogP contribution in [0.15, 0.2) is 41.6 Å². The van der Waals surface area contributed by atoms with Gasteiger partial charge in [0.25, 0.3) is 0 Å². The number of aromatic nitrogens is 3. The van der Waals surface area contributed by atoms with Crippen LogP contribution < -0.4 is 10.1 Å². The molecule has 0 fully saturated rings. The lowest BCUT2D eigenvalue weighted by atomic mass is 10.2. The van der Waals surface area contributed by atoms with Crippen molar-refractivity contribution in [2.75, 3.05) is 12.4 Å². The van der Waals surface area contributed by atoms with Crippen LogP contribution in [0.3, 0.4) is 0 Å². The molecule has 2 aromatic carbocycles. The number of carbonyl (C=O) groups excluding carboxylic acids is 1. The standard InChI is InChI=1S/C19H17Cl3N4O2S/c1-10(18(27)23-16-14(21)8-12(20)9-15(16)22)29-19-25-24-17(26(19)2)11-4-6-13(28-3)7-5-11/h4-10H,1-3H3,(H,23,27). The van der Waals surface area contributed by atoms with Crippen LogP contribution in [0.2, 0.25) is 15.1 Å². The normalized spacial score (nSPS) is 11.9. The summed E-state index contributed by atoms with van der Waals surface area (Å²) < 4.78 is 7.01. The van der Waals surface area contributed by atoms with Crippen LogP contribution in [0.5, 0.6) is 5.75 Å². The number of hydrogen-bond donors (Lipinski definition) is 1. The Morgan fingerprint density at radius 3 is 2.34 bits per heavy atom. The number of carbonyl (C=O) groups is 1. The fraction of sp³-hybridized carbons (Fsp3) is 0.211. The van der Waals surface area contributed by atoms with Gasteiger partial charge in [-0.25, -0.2) is 0 Å². The number of anilines is 1. The van der Waals surface area contributed by atoms with Gasteiger partial charge in [0.2, 0.25) is 5.91 Å². The molecule has 0 aliphatic rings. The number of benzene rings is 2. The van der Waals surface area contributed by atoms with Crippen molar-refractivity contribution in [2.45, 2.75) is 17.3 Å². The lowest BCUT2D eigenvalue weighted by molar-refractivity contribution is -0.115. The number of rotatable bonds is 6. The number of nitrogens with one attached hydrogen (secondary N) is 1. The predicted molar refractivity (Wildman–Crippen MR) is 118 cm³/mol. The lowest BCUT2D eigenvalue weighted by Gasteiger charge is -2.14. The third kappa shape index (κ3) is 4.98. The number of amides is 1. The molecule has 0 saturated heterocycles. The summed E-state index contributed by atoms with van der Waals surface area (Å²) in [5.74, 6) is 1.18. The van der Waals surface area contributed by atoms with E-state index in [9.17, 15) is 4.79 Å². The van der Waals surface area contributed by atoms with Crippen molar-refractivity contribution < 1.29 is 9.53 Å². The summed E-state index contributed by atoms with van der Waals surface area (Å²) >= 11 is 19.5. The van der Waals surface area contributed by atoms with E-state index in [1.54, 1.807) is 14.0 Å². The lowest BCUT2D eigenvalue weighted by Crippen LogP contribution is -2.23. The van der Waals surface area contributed by atoms with Gasteiger partial charge in [-0.1, -0.05) is 46.6 Å². The minimum absolute atomic E-state index is 0.268. The minimum atomic E-state index is -0.468. The van der Waals surface area contributed by atoms with Gasteiger partial charge in [0.05, 0.1) is 28.1 Å². The summed E-state index contributed by atoms with van der Waals surface area (Å²) in [6.07, 6.45) is 0. The van der Waals surface area contributed by atoms with Crippen molar-refractivity contribution >= 4 is 58.2 Å². The first-order valence-electron chi connectivity index (χ1n) is 8.46. The maximum atomic E-state index is 12.6. The second kappa shape index (κ2) is 9.26. The molecule has 1 amide bonds. The highest BCUT2D eigenvalue weighted by Gasteiger charge is 2.21. The third-order valence-corrected chi connectivity index (χ3v) is 6.04. The smallest absolute Gasteiger partial charge is 0.237 e. The minimum Gasteiger partial charge on any atom is -0.497 e. The molecule has 6 nitrogen and oxygen atoms in total. The zero-order chi connectivity index (χ0) is 21.1. The molecule has 152 valence electrons. The van der Waals surface area contributed by atoms with E-state index in [-0.39, 0.29) is 16.0 Å². The maximum absolute atomic E-state index is 12.6. The van der Waals surface area contributed by atoms with Gasteiger partial charge in [-0.05, 0) is 43.3 Å². The van der Waals surface area contributed by atoms with Gasteiger partial charge in [-0.15, -0.1) is 10.2 Å². The molecule has 3 aromatic rings. The molecule has 29 heavy (non-hydrogen) atoms. The Balaban J connectivity index is 1.73. The highest BCUT2D eigenvalue weighted by Crippen LogP contribution is 2.34. The zero-order valence-corrected chi connectivity index (χ0v) is 18.8. The SMILES string of the molecule is COc1ccc(-c2nnc(SC(C)C(=O)Nc3c(Cl)cc(Cl)cc3Cl)n2C)cc1. The number of thioether (sulfide) groups is 1. The summed E-state index contributed by atoms with van der Waals surface area (Å²) in [4.78, 5) is 12.6. The average molecular weight is 472 g/mol. The predicted octanol–water partition coefficient (Wildman–Crippen LogP) is 5.57. The molecule has 0 saturated carbocycles. The summed E-state index contributed by atoms with van der Waals surface area (Å²) in [5, 5.41) is 12.3. The molecule has 1 aromatic heterocycles. The average Bonchev–Trinajstić information content (AvgIpc) is 3.04. The van der Waals surface area contributed by atoms with Crippen molar-refractivity contribution in [2.24, 2.45) is 7.05 Å². The molecular weight excluding hydrogens is 455 g/mol. The molecule has 0 aliphatic carbocycles. The van der Waals surface area contributed by atoms with Crippen molar-refractivity contribution in [3.05, 3.63) is 51.5 Å². The van der Waals surface area contributed by atoms with Gasteiger partial charge in [-0.3, -0.25) is 4.79 Å². The molecule has 3 rings (SSSR count). The third-order valence-electron chi connectivity index (χ3n) is 4.09. The van der Waals surface area contributed by atoms with Crippen LogP contribution in [-0.4, -0.2) is 33.0 Å². The zero-order valence-electron chi connectivity index (χ0n) is 15.7. The van der Waals surface area contributed by atoms with Gasteiger partial charge >= 0.3 is 0 Å². The van der Waals surface area contributed by atoms with Gasteiger partial charge < -0.3 is 14.6 Å². The van der Waals surface area contributed by atoms with E-state index >= 15 is 0 Å². The van der Waals surface area contributed by atoms with Crippen molar-refractivity contribution in [1.29, 1.82) is 0 Å². The van der Waals surface area contributed by atoms with Crippen LogP contribution in [0, 0.1) is 0 Å². The van der Waals surface area contributed by atoms with Gasteiger partial charge in [-0.2, -0.15) is 0 Å². The van der Waals surface area contributed by atoms with E-state index in [1.165, 1.54) is 23.9 Å². The van der Waals surface area contributed by atoms with E-state index in [2.05, 4.69) is 15.5 Å². The first-order valence-corrected chi connectivity index (χ1v) is 10.5. The number of halogens is 3. The number of ether oxygens (including phenoxy) is 1. The Labute approximate surface area is 187 Å². The molecule has 10 heteroatoms. The Kier molecular flexibility index (Phi) is 6.95. The van der Waals surface area contributed by atoms with E-state index in [1.807, 2.05) is 35.9 Å². The van der Waals surface area contributed by atoms with Crippen LogP contribution in [0.1, 0.15) is 6.92 Å². The highest BCUT2D eigenvalue weighted by atomic mass is 35.5. The Morgan fingerprint density at radius 2 is 1.76 bits per heavy atom. The van der Waals surface area contributed by atoms with E-state index in [4.69, 9.17) is 39.5 Å². The monoisotopic (exact) mass is 470 g/mol. The Morgan fingerprint density at radius 1 is 1.14 bits per heavy atom. The molecule has 0 bridgehead atoms. The van der Waals surface area contributed by atoms with Gasteiger partial charge in [0, 0.05) is 17.6 Å². The summed E-state index contributed by atoms with van der Waals surface area (Å²) in [7, 11) is 3.46. The molecular formula is C19H17Cl3N4O2S. The van der Waals surface area contributed by atoms with Gasteiger partial charge in [0.15, 0.2) is 11.0 Å². The quantitative estimate of drug-likeness (QED) is 0.476. The Bertz CT molecular complexity index is 1020. The van der Waals surface area contributed by atoms with Crippen LogP contribution in [0.4, 0.5) is 5.69 Å². The second-order valence-corrected chi connectivity index (χ2v) is 8.65. The van der Waals surface area contributed by atoms with Crippen molar-refractivity contribution in [1.82, 2.24) is 14.8 Å². The molecule has 1 N–H and O–H groups in total. The van der Waals surface area contributed by atoms with Crippen molar-refractivity contribution in [3.63, 3.8) is 0 Å². The maximum Gasteiger partial charge on any atom is 0.237 e. The summed E-state index contributed by atoms with van der Waals surface area (Å²) in [6.45, 7) is 1.76. The number of nitrogens with zero attached hydrogens (tertiary/aromatic N) is 3. The second-order valence-electron chi connectivity index (χ2n) is 6.09. The molecule has 1 unspecified atom stereocenters.